The van der Waals surface area contributed by atoms with Crippen LogP contribution in [0.5, 0.6) is 0 Å². The van der Waals surface area contributed by atoms with E-state index >= 15 is 0 Å². The lowest BCUT2D eigenvalue weighted by Gasteiger charge is -2.03. The Bertz CT molecular complexity index is 481. The van der Waals surface area contributed by atoms with E-state index in [0.29, 0.717) is 12.2 Å². The summed E-state index contributed by atoms with van der Waals surface area (Å²) in [6.07, 6.45) is 5.68. The summed E-state index contributed by atoms with van der Waals surface area (Å²) in [5.41, 5.74) is 1.41. The van der Waals surface area contributed by atoms with Crippen molar-refractivity contribution in [3.05, 3.63) is 46.7 Å². The number of carbonyl (C=O) groups excluding carboxylic acids is 1. The van der Waals surface area contributed by atoms with E-state index in [1.165, 1.54) is 0 Å². The number of rotatable bonds is 4. The Kier molecular flexibility index (Phi) is 3.87. The molecule has 2 heterocycles. The van der Waals surface area contributed by atoms with Crippen molar-refractivity contribution in [2.24, 2.45) is 0 Å². The lowest BCUT2D eigenvalue weighted by atomic mass is 10.3. The van der Waals surface area contributed by atoms with Crippen molar-refractivity contribution >= 4 is 21.8 Å². The number of aromatic amines is 1. The molecular formula is C11H11BrN4O. The first-order chi connectivity index (χ1) is 8.25. The van der Waals surface area contributed by atoms with E-state index in [1.807, 2.05) is 0 Å². The number of hydrogen-bond acceptors (Lipinski definition) is 3. The van der Waals surface area contributed by atoms with Crippen LogP contribution in [-0.4, -0.2) is 27.4 Å². The van der Waals surface area contributed by atoms with Crippen LogP contribution < -0.4 is 5.32 Å². The van der Waals surface area contributed by atoms with Crippen LogP contribution in [0, 0.1) is 0 Å². The minimum absolute atomic E-state index is 0.169. The maximum absolute atomic E-state index is 11.7. The van der Waals surface area contributed by atoms with Gasteiger partial charge in [-0.2, -0.15) is 0 Å². The van der Waals surface area contributed by atoms with Gasteiger partial charge in [0.1, 0.15) is 5.69 Å². The fourth-order valence-electron chi connectivity index (χ4n) is 1.33. The smallest absolute Gasteiger partial charge is 0.269 e. The van der Waals surface area contributed by atoms with Crippen molar-refractivity contribution in [1.29, 1.82) is 0 Å². The molecule has 0 radical (unpaired) electrons. The second kappa shape index (κ2) is 5.58. The van der Waals surface area contributed by atoms with Gasteiger partial charge in [0.15, 0.2) is 0 Å². The van der Waals surface area contributed by atoms with Crippen molar-refractivity contribution in [2.75, 3.05) is 6.54 Å². The number of halogens is 1. The molecule has 6 heteroatoms. The molecule has 2 rings (SSSR count). The maximum Gasteiger partial charge on any atom is 0.269 e. The second-order valence-corrected chi connectivity index (χ2v) is 4.36. The molecule has 2 N–H and O–H groups in total. The first kappa shape index (κ1) is 11.8. The molecule has 0 saturated carbocycles. The Labute approximate surface area is 107 Å². The van der Waals surface area contributed by atoms with E-state index in [0.717, 1.165) is 16.6 Å². The van der Waals surface area contributed by atoms with Gasteiger partial charge in [0, 0.05) is 35.5 Å². The predicted molar refractivity (Wildman–Crippen MR) is 66.6 cm³/mol. The quantitative estimate of drug-likeness (QED) is 0.899. The number of aromatic nitrogens is 3. The van der Waals surface area contributed by atoms with E-state index in [4.69, 9.17) is 0 Å². The number of nitrogens with zero attached hydrogens (tertiary/aromatic N) is 2. The molecular weight excluding hydrogens is 284 g/mol. The molecule has 0 fully saturated rings. The van der Waals surface area contributed by atoms with Crippen molar-refractivity contribution in [1.82, 2.24) is 20.3 Å². The Balaban J connectivity index is 1.83. The first-order valence-corrected chi connectivity index (χ1v) is 5.92. The van der Waals surface area contributed by atoms with E-state index in [1.54, 1.807) is 30.9 Å². The molecule has 88 valence electrons. The van der Waals surface area contributed by atoms with Gasteiger partial charge < -0.3 is 10.3 Å². The van der Waals surface area contributed by atoms with Gasteiger partial charge in [-0.3, -0.25) is 4.79 Å². The molecule has 0 saturated heterocycles. The van der Waals surface area contributed by atoms with Crippen molar-refractivity contribution < 1.29 is 4.79 Å². The molecule has 17 heavy (non-hydrogen) atoms. The third-order valence-corrected chi connectivity index (χ3v) is 2.66. The zero-order valence-corrected chi connectivity index (χ0v) is 10.6. The summed E-state index contributed by atoms with van der Waals surface area (Å²) in [4.78, 5) is 22.6. The molecule has 0 aliphatic carbocycles. The first-order valence-electron chi connectivity index (χ1n) is 5.13. The number of nitrogens with one attached hydrogen (secondary N) is 2. The minimum Gasteiger partial charge on any atom is -0.350 e. The van der Waals surface area contributed by atoms with Gasteiger partial charge in [-0.25, -0.2) is 9.97 Å². The number of H-pyrrole nitrogens is 1. The number of imidazole rings is 1. The summed E-state index contributed by atoms with van der Waals surface area (Å²) in [6.45, 7) is 0.554. The Hall–Kier alpha value is -1.69. The normalized spacial score (nSPS) is 10.2. The molecule has 2 aromatic heterocycles. The fourth-order valence-corrected chi connectivity index (χ4v) is 1.57. The van der Waals surface area contributed by atoms with Gasteiger partial charge in [0.2, 0.25) is 0 Å². The highest BCUT2D eigenvalue weighted by Gasteiger charge is 2.05. The van der Waals surface area contributed by atoms with Crippen molar-refractivity contribution in [3.63, 3.8) is 0 Å². The van der Waals surface area contributed by atoms with Crippen LogP contribution in [0.15, 0.2) is 35.3 Å². The van der Waals surface area contributed by atoms with Crippen LogP contribution in [0.25, 0.3) is 0 Å². The molecule has 0 aliphatic heterocycles. The zero-order valence-electron chi connectivity index (χ0n) is 8.98. The lowest BCUT2D eigenvalue weighted by Crippen LogP contribution is -2.26. The van der Waals surface area contributed by atoms with E-state index in [-0.39, 0.29) is 5.91 Å². The monoisotopic (exact) mass is 294 g/mol. The van der Waals surface area contributed by atoms with E-state index in [2.05, 4.69) is 36.2 Å². The summed E-state index contributed by atoms with van der Waals surface area (Å²) in [5, 5.41) is 2.79. The molecule has 2 aromatic rings. The summed E-state index contributed by atoms with van der Waals surface area (Å²) >= 11 is 3.27. The minimum atomic E-state index is -0.169. The van der Waals surface area contributed by atoms with Crippen LogP contribution >= 0.6 is 15.9 Å². The third-order valence-electron chi connectivity index (χ3n) is 2.19. The van der Waals surface area contributed by atoms with Gasteiger partial charge in [0.05, 0.1) is 6.33 Å². The van der Waals surface area contributed by atoms with E-state index in [9.17, 15) is 4.79 Å². The summed E-state index contributed by atoms with van der Waals surface area (Å²) in [6, 6.07) is 3.46. The fraction of sp³-hybridized carbons (Fsp3) is 0.182. The topological polar surface area (TPSA) is 70.7 Å². The Morgan fingerprint density at radius 3 is 2.94 bits per heavy atom. The highest BCUT2D eigenvalue weighted by molar-refractivity contribution is 9.10. The summed E-state index contributed by atoms with van der Waals surface area (Å²) in [5.74, 6) is -0.169. The van der Waals surface area contributed by atoms with Crippen LogP contribution in [0.2, 0.25) is 0 Å². The molecule has 5 nitrogen and oxygen atoms in total. The number of amides is 1. The highest BCUT2D eigenvalue weighted by Crippen LogP contribution is 2.07. The second-order valence-electron chi connectivity index (χ2n) is 3.44. The summed E-state index contributed by atoms with van der Waals surface area (Å²) in [7, 11) is 0. The largest absolute Gasteiger partial charge is 0.350 e. The lowest BCUT2D eigenvalue weighted by molar-refractivity contribution is 0.0949. The molecule has 0 aromatic carbocycles. The van der Waals surface area contributed by atoms with Gasteiger partial charge in [-0.15, -0.1) is 0 Å². The number of pyridine rings is 1. The van der Waals surface area contributed by atoms with Crippen LogP contribution in [0.4, 0.5) is 0 Å². The molecule has 0 spiro atoms. The van der Waals surface area contributed by atoms with Crippen LogP contribution in [0.1, 0.15) is 16.2 Å². The van der Waals surface area contributed by atoms with Gasteiger partial charge in [-0.05, 0) is 28.1 Å². The van der Waals surface area contributed by atoms with Crippen molar-refractivity contribution in [2.45, 2.75) is 6.42 Å². The molecule has 0 unspecified atom stereocenters. The van der Waals surface area contributed by atoms with Crippen molar-refractivity contribution in [3.8, 4) is 0 Å². The Morgan fingerprint density at radius 1 is 1.41 bits per heavy atom. The van der Waals surface area contributed by atoms with Crippen LogP contribution in [-0.2, 0) is 6.42 Å². The maximum atomic E-state index is 11.7. The highest BCUT2D eigenvalue weighted by atomic mass is 79.9. The average molecular weight is 295 g/mol. The predicted octanol–water partition coefficient (Wildman–Crippen LogP) is 1.54. The third kappa shape index (κ3) is 3.39. The molecule has 0 atom stereocenters. The average Bonchev–Trinajstić information content (AvgIpc) is 2.83. The van der Waals surface area contributed by atoms with Gasteiger partial charge in [-0.1, -0.05) is 0 Å². The van der Waals surface area contributed by atoms with Crippen LogP contribution in [0.3, 0.4) is 0 Å². The Morgan fingerprint density at radius 2 is 2.29 bits per heavy atom. The SMILES string of the molecule is O=C(NCCc1cnc[nH]1)c1ccc(Br)cn1. The standard InChI is InChI=1S/C11H11BrN4O/c12-8-1-2-10(15-5-8)11(17)14-4-3-9-6-13-7-16-9/h1-2,5-7H,3-4H2,(H,13,16)(H,14,17). The molecule has 0 aliphatic rings. The number of hydrogen-bond donors (Lipinski definition) is 2. The van der Waals surface area contributed by atoms with Gasteiger partial charge in [0.25, 0.3) is 5.91 Å². The zero-order chi connectivity index (χ0) is 12.1. The molecule has 1 amide bonds. The summed E-state index contributed by atoms with van der Waals surface area (Å²) < 4.78 is 0.853. The molecule has 0 bridgehead atoms. The van der Waals surface area contributed by atoms with E-state index < -0.39 is 0 Å². The number of carbonyl (C=O) groups is 1. The van der Waals surface area contributed by atoms with Gasteiger partial charge >= 0.3 is 0 Å².